The number of aliphatic hydroxyl groups excluding tert-OH is 16. The molecular formula is C36H58O30Se. The summed E-state index contributed by atoms with van der Waals surface area (Å²) in [6.45, 7) is -5.59. The Hall–Kier alpha value is -0.681. The quantitative estimate of drug-likeness (QED) is 0.110. The molecule has 13 aliphatic heterocycles. The van der Waals surface area contributed by atoms with Crippen molar-refractivity contribution in [3.8, 4) is 0 Å². The Kier molecular flexibility index (Phi) is 17.4. The summed E-state index contributed by atoms with van der Waals surface area (Å²) in [6, 6.07) is 0. The SMILES string of the molecule is OC[C@H]1O[C@@H]2O[C@@H]3[C@@H]4O[Se]O[C@H]([C@H]2O)[C@H]1O[C@H]1O[C@H](CO)[C@@H](O[C@H]2O[C@H](CO)[C@@H](O[C@H]5O[C@H](CO)[C@@H](O[C@H]6O[C@H](CO)[C@@H](O[C@@H](O[C@@H]3CO)[C@@H]4O)[C@H](O)[C@H]6O)[C@H](O)[C@H]5O)[C@H](O)[C@H]2O)[C@H](O)[C@H]1O. The molecule has 0 aromatic carbocycles. The van der Waals surface area contributed by atoms with Crippen LogP contribution in [0.5, 0.6) is 0 Å². The van der Waals surface area contributed by atoms with Crippen molar-refractivity contribution >= 4 is 15.6 Å². The number of ether oxygens (including phenoxy) is 12. The standard InChI is InChI=1S/C36H58O30Se/c37-1-7-23-14(44)18(48)32(54-7)61-25-9(3-39)56-34(20(50)16(25)46)63-27-11(5-41)58-36-22(52)30(27)66-67-65-29-21(51)35(57-12(6-42)28(29)64-36)62-26-10(4-40)55-33(19(49)15(26)45)60-24-8(2-38)53-31(59-23)17(47)13(24)43/h7-52H,1-6H2/t7-,8-,9-,10-,11-,12-,13-,14-,15-,16-,17-,18-,19-,20-,21-,22-,23-,24-,25-,26-,27+,28+,29-,30-,31-,32-,33-,34-,35-,36-/m1/s1. The van der Waals surface area contributed by atoms with Crippen LogP contribution in [0.15, 0.2) is 0 Å². The van der Waals surface area contributed by atoms with E-state index in [4.69, 9.17) is 64.5 Å². The van der Waals surface area contributed by atoms with Gasteiger partial charge in [-0.15, -0.1) is 0 Å². The molecule has 12 bridgehead atoms. The van der Waals surface area contributed by atoms with Gasteiger partial charge >= 0.3 is 319 Å². The number of hydrogen-bond donors (Lipinski definition) is 16. The van der Waals surface area contributed by atoms with Crippen molar-refractivity contribution in [2.45, 2.75) is 184 Å². The summed E-state index contributed by atoms with van der Waals surface area (Å²) in [5.41, 5.74) is 0. The second-order valence-electron chi connectivity index (χ2n) is 17.1. The summed E-state index contributed by atoms with van der Waals surface area (Å²) < 4.78 is 81.5. The maximum atomic E-state index is 11.6. The van der Waals surface area contributed by atoms with Crippen molar-refractivity contribution in [3.05, 3.63) is 0 Å². The van der Waals surface area contributed by atoms with Crippen LogP contribution < -0.4 is 0 Å². The van der Waals surface area contributed by atoms with Crippen molar-refractivity contribution in [1.29, 1.82) is 0 Å². The molecule has 0 aromatic heterocycles. The molecule has 13 rings (SSSR count). The van der Waals surface area contributed by atoms with Gasteiger partial charge in [0.05, 0.1) is 13.2 Å². The van der Waals surface area contributed by atoms with E-state index in [1.165, 1.54) is 0 Å². The van der Waals surface area contributed by atoms with Crippen LogP contribution in [0, 0.1) is 0 Å². The molecule has 13 aliphatic rings. The average Bonchev–Trinajstić information content (AvgIpc) is 3.36. The van der Waals surface area contributed by atoms with Gasteiger partial charge in [-0.3, -0.25) is 0 Å². The Morgan fingerprint density at radius 2 is 0.418 bits per heavy atom. The summed E-state index contributed by atoms with van der Waals surface area (Å²) in [6.07, 6.45) is -54.7. The average molecular weight is 1050 g/mol. The molecule has 0 aliphatic carbocycles. The van der Waals surface area contributed by atoms with Crippen LogP contribution in [0.2, 0.25) is 0 Å². The van der Waals surface area contributed by atoms with E-state index in [9.17, 15) is 81.7 Å². The number of aliphatic hydroxyl groups is 16. The molecule has 0 saturated carbocycles. The van der Waals surface area contributed by atoms with Gasteiger partial charge in [0.25, 0.3) is 0 Å². The molecule has 0 spiro atoms. The van der Waals surface area contributed by atoms with Crippen LogP contribution in [0.25, 0.3) is 0 Å². The number of hydrogen-bond acceptors (Lipinski definition) is 30. The fourth-order valence-corrected chi connectivity index (χ4v) is 10.6. The first-order valence-electron chi connectivity index (χ1n) is 21.4. The van der Waals surface area contributed by atoms with Crippen LogP contribution in [0.3, 0.4) is 0 Å². The summed E-state index contributed by atoms with van der Waals surface area (Å²) >= 11 is -1.54. The van der Waals surface area contributed by atoms with E-state index in [0.29, 0.717) is 0 Å². The number of fused-ring (bicyclic) bond motifs is 3. The van der Waals surface area contributed by atoms with Crippen LogP contribution in [0.1, 0.15) is 0 Å². The van der Waals surface area contributed by atoms with Crippen molar-refractivity contribution in [2.24, 2.45) is 0 Å². The first-order valence-corrected chi connectivity index (χ1v) is 22.8. The van der Waals surface area contributed by atoms with Gasteiger partial charge < -0.3 is 35.0 Å². The minimum absolute atomic E-state index is 0.862. The molecule has 388 valence electrons. The summed E-state index contributed by atoms with van der Waals surface area (Å²) in [5, 5.41) is 176. The summed E-state index contributed by atoms with van der Waals surface area (Å²) in [5.74, 6) is 0. The second-order valence-corrected chi connectivity index (χ2v) is 18.1. The molecule has 13 fully saturated rings. The molecule has 30 nitrogen and oxygen atoms in total. The minimum atomic E-state index is -2.12. The van der Waals surface area contributed by atoms with Gasteiger partial charge in [-0.1, -0.05) is 0 Å². The van der Waals surface area contributed by atoms with Crippen LogP contribution in [-0.4, -0.2) is 321 Å². The Labute approximate surface area is 385 Å². The molecule has 13 heterocycles. The van der Waals surface area contributed by atoms with E-state index in [2.05, 4.69) is 0 Å². The zero-order valence-electron chi connectivity index (χ0n) is 34.8. The molecule has 67 heavy (non-hydrogen) atoms. The fraction of sp³-hybridized carbons (Fsp3) is 1.00. The van der Waals surface area contributed by atoms with Crippen LogP contribution in [-0.2, 0) is 64.5 Å². The Balaban J connectivity index is 1.12. The fourth-order valence-electron chi connectivity index (χ4n) is 9.23. The van der Waals surface area contributed by atoms with Crippen molar-refractivity contribution in [1.82, 2.24) is 0 Å². The topological polar surface area (TPSA) is 453 Å². The van der Waals surface area contributed by atoms with Crippen LogP contribution >= 0.6 is 0 Å². The van der Waals surface area contributed by atoms with E-state index in [-0.39, 0.29) is 0 Å². The van der Waals surface area contributed by atoms with Gasteiger partial charge in [0, 0.05) is 0 Å². The summed E-state index contributed by atoms with van der Waals surface area (Å²) in [4.78, 5) is 0. The predicted molar refractivity (Wildman–Crippen MR) is 199 cm³/mol. The molecule has 0 unspecified atom stereocenters. The van der Waals surface area contributed by atoms with E-state index >= 15 is 0 Å². The van der Waals surface area contributed by atoms with E-state index < -0.39 is 239 Å². The Morgan fingerprint density at radius 1 is 0.224 bits per heavy atom. The van der Waals surface area contributed by atoms with E-state index in [1.54, 1.807) is 0 Å². The first kappa shape index (κ1) is 52.6. The van der Waals surface area contributed by atoms with Gasteiger partial charge in [-0.25, -0.2) is 0 Å². The zero-order valence-corrected chi connectivity index (χ0v) is 36.6. The molecule has 0 aromatic rings. The molecule has 16 N–H and O–H groups in total. The third-order valence-electron chi connectivity index (χ3n) is 12.9. The monoisotopic (exact) mass is 1050 g/mol. The van der Waals surface area contributed by atoms with Crippen molar-refractivity contribution in [3.63, 3.8) is 0 Å². The third-order valence-corrected chi connectivity index (χ3v) is 14.2. The summed E-state index contributed by atoms with van der Waals surface area (Å²) in [7, 11) is 0. The normalized spacial score (nSPS) is 55.5. The van der Waals surface area contributed by atoms with Crippen molar-refractivity contribution in [2.75, 3.05) is 39.6 Å². The zero-order chi connectivity index (χ0) is 48.2. The Morgan fingerprint density at radius 3 is 0.642 bits per heavy atom. The molecule has 31 heteroatoms. The van der Waals surface area contributed by atoms with Gasteiger partial charge in [0.1, 0.15) is 12.2 Å². The van der Waals surface area contributed by atoms with Gasteiger partial charge in [-0.05, 0) is 0 Å². The van der Waals surface area contributed by atoms with E-state index in [0.717, 1.165) is 0 Å². The van der Waals surface area contributed by atoms with Crippen LogP contribution in [0.4, 0.5) is 0 Å². The predicted octanol–water partition coefficient (Wildman–Crippen LogP) is -12.5. The molecule has 13 saturated heterocycles. The second kappa shape index (κ2) is 22.2. The van der Waals surface area contributed by atoms with Crippen molar-refractivity contribution < 1.29 is 146 Å². The van der Waals surface area contributed by atoms with Gasteiger partial charge in [-0.2, -0.15) is 0 Å². The van der Waals surface area contributed by atoms with Gasteiger partial charge in [0.15, 0.2) is 6.29 Å². The number of rotatable bonds is 6. The first-order chi connectivity index (χ1) is 32.1. The van der Waals surface area contributed by atoms with Gasteiger partial charge in [0.2, 0.25) is 0 Å². The molecule has 0 radical (unpaired) electrons. The Bertz CT molecular complexity index is 1570. The van der Waals surface area contributed by atoms with E-state index in [1.807, 2.05) is 0 Å². The molecule has 30 atom stereocenters. The molecule has 0 amide bonds. The maximum absolute atomic E-state index is 11.6. The molecular weight excluding hydrogens is 991 g/mol. The third kappa shape index (κ3) is 10.1.